The van der Waals surface area contributed by atoms with Crippen molar-refractivity contribution in [1.82, 2.24) is 0 Å². The van der Waals surface area contributed by atoms with E-state index in [0.717, 1.165) is 0 Å². The Morgan fingerprint density at radius 1 is 0.962 bits per heavy atom. The van der Waals surface area contributed by atoms with E-state index in [-0.39, 0.29) is 34.5 Å². The Morgan fingerprint density at radius 3 is 2.04 bits per heavy atom. The van der Waals surface area contributed by atoms with Gasteiger partial charge in [0, 0.05) is 0 Å². The first-order chi connectivity index (χ1) is 12.4. The molecule has 0 heterocycles. The lowest BCUT2D eigenvalue weighted by atomic mass is 10.1. The molecule has 26 heavy (non-hydrogen) atoms. The number of benzene rings is 2. The van der Waals surface area contributed by atoms with Crippen LogP contribution in [0.4, 0.5) is 0 Å². The fraction of sp³-hybridized carbons (Fsp3) is 0.100. The molecule has 0 aliphatic heterocycles. The number of rotatable bonds is 7. The molecule has 0 bridgehead atoms. The molecule has 0 aliphatic carbocycles. The zero-order valence-corrected chi connectivity index (χ0v) is 14.7. The van der Waals surface area contributed by atoms with Crippen LogP contribution in [0.1, 0.15) is 17.5 Å². The van der Waals surface area contributed by atoms with E-state index in [4.69, 9.17) is 16.3 Å². The van der Waals surface area contributed by atoms with Gasteiger partial charge in [-0.3, -0.25) is 9.59 Å². The highest BCUT2D eigenvalue weighted by Gasteiger charge is 2.05. The summed E-state index contributed by atoms with van der Waals surface area (Å²) < 4.78 is 4.99. The van der Waals surface area contributed by atoms with Crippen molar-refractivity contribution in [3.05, 3.63) is 64.7 Å². The van der Waals surface area contributed by atoms with Gasteiger partial charge in [-0.1, -0.05) is 35.9 Å². The van der Waals surface area contributed by atoms with Crippen molar-refractivity contribution in [2.45, 2.75) is 6.42 Å². The molecule has 0 radical (unpaired) electrons. The van der Waals surface area contributed by atoms with Crippen LogP contribution in [0.2, 0.25) is 5.02 Å². The number of ketones is 2. The van der Waals surface area contributed by atoms with Crippen molar-refractivity contribution < 1.29 is 24.5 Å². The standard InChI is InChI=1S/C20H17ClO5/c1-26-20-11-14(5-9-19(20)25)3-7-16(23)12-15(22)6-2-13-4-8-18(24)17(21)10-13/h2-11,24-25H,12H2,1H3/b6-2+,7-3+. The number of phenols is 2. The van der Waals surface area contributed by atoms with Crippen molar-refractivity contribution in [2.75, 3.05) is 7.11 Å². The molecular weight excluding hydrogens is 356 g/mol. The highest BCUT2D eigenvalue weighted by Crippen LogP contribution is 2.27. The summed E-state index contributed by atoms with van der Waals surface area (Å²) in [5.74, 6) is -0.444. The zero-order valence-electron chi connectivity index (χ0n) is 14.0. The number of hydrogen-bond donors (Lipinski definition) is 2. The van der Waals surface area contributed by atoms with Gasteiger partial charge in [0.2, 0.25) is 0 Å². The number of halogens is 1. The lowest BCUT2D eigenvalue weighted by Gasteiger charge is -2.03. The summed E-state index contributed by atoms with van der Waals surface area (Å²) in [6.45, 7) is 0. The van der Waals surface area contributed by atoms with Crippen LogP contribution in [0.3, 0.4) is 0 Å². The molecule has 0 saturated heterocycles. The van der Waals surface area contributed by atoms with Gasteiger partial charge in [0.15, 0.2) is 23.1 Å². The summed E-state index contributed by atoms with van der Waals surface area (Å²) >= 11 is 5.79. The van der Waals surface area contributed by atoms with Crippen LogP contribution in [0, 0.1) is 0 Å². The molecule has 0 saturated carbocycles. The predicted molar refractivity (Wildman–Crippen MR) is 100 cm³/mol. The number of methoxy groups -OCH3 is 1. The summed E-state index contributed by atoms with van der Waals surface area (Å²) in [5, 5.41) is 19.1. The van der Waals surface area contributed by atoms with Crippen molar-refractivity contribution in [3.63, 3.8) is 0 Å². The number of aromatic hydroxyl groups is 2. The Kier molecular flexibility index (Phi) is 6.58. The van der Waals surface area contributed by atoms with Gasteiger partial charge in [-0.25, -0.2) is 0 Å². The zero-order chi connectivity index (χ0) is 19.1. The number of ether oxygens (including phenoxy) is 1. The van der Waals surface area contributed by atoms with E-state index in [0.29, 0.717) is 16.9 Å². The summed E-state index contributed by atoms with van der Waals surface area (Å²) in [6.07, 6.45) is 5.39. The second kappa shape index (κ2) is 8.87. The maximum atomic E-state index is 11.9. The highest BCUT2D eigenvalue weighted by atomic mass is 35.5. The van der Waals surface area contributed by atoms with E-state index in [1.54, 1.807) is 24.3 Å². The van der Waals surface area contributed by atoms with Gasteiger partial charge in [0.05, 0.1) is 18.6 Å². The number of allylic oxidation sites excluding steroid dienone is 2. The van der Waals surface area contributed by atoms with E-state index in [9.17, 15) is 19.8 Å². The Bertz CT molecular complexity index is 884. The molecule has 134 valence electrons. The molecule has 5 nitrogen and oxygen atoms in total. The molecule has 0 amide bonds. The molecular formula is C20H17ClO5. The van der Waals surface area contributed by atoms with Crippen molar-refractivity contribution in [2.24, 2.45) is 0 Å². The molecule has 0 aliphatic rings. The Hall–Kier alpha value is -3.05. The molecule has 6 heteroatoms. The van der Waals surface area contributed by atoms with Gasteiger partial charge in [-0.2, -0.15) is 0 Å². The first kappa shape index (κ1) is 19.3. The number of carbonyl (C=O) groups excluding carboxylic acids is 2. The molecule has 2 N–H and O–H groups in total. The van der Waals surface area contributed by atoms with E-state index in [1.165, 1.54) is 43.5 Å². The van der Waals surface area contributed by atoms with Crippen LogP contribution in [0.15, 0.2) is 48.6 Å². The second-order valence-electron chi connectivity index (χ2n) is 5.42. The lowest BCUT2D eigenvalue weighted by Crippen LogP contribution is -2.01. The van der Waals surface area contributed by atoms with Gasteiger partial charge < -0.3 is 14.9 Å². The van der Waals surface area contributed by atoms with Gasteiger partial charge in [0.25, 0.3) is 0 Å². The quantitative estimate of drug-likeness (QED) is 0.566. The van der Waals surface area contributed by atoms with Crippen molar-refractivity contribution in [3.8, 4) is 17.2 Å². The molecule has 2 aromatic carbocycles. The fourth-order valence-electron chi connectivity index (χ4n) is 2.09. The average Bonchev–Trinajstić information content (AvgIpc) is 2.62. The summed E-state index contributed by atoms with van der Waals surface area (Å²) in [4.78, 5) is 23.7. The van der Waals surface area contributed by atoms with Gasteiger partial charge in [-0.05, 0) is 47.5 Å². The monoisotopic (exact) mass is 372 g/mol. The predicted octanol–water partition coefficient (Wildman–Crippen LogP) is 4.01. The van der Waals surface area contributed by atoms with Gasteiger partial charge in [0.1, 0.15) is 5.75 Å². The van der Waals surface area contributed by atoms with E-state index < -0.39 is 0 Å². The summed E-state index contributed by atoms with van der Waals surface area (Å²) in [6, 6.07) is 9.20. The molecule has 2 rings (SSSR count). The van der Waals surface area contributed by atoms with E-state index in [2.05, 4.69) is 0 Å². The molecule has 0 fully saturated rings. The summed E-state index contributed by atoms with van der Waals surface area (Å²) in [5.41, 5.74) is 1.30. The maximum absolute atomic E-state index is 11.9. The minimum absolute atomic E-state index is 0.00521. The fourth-order valence-corrected chi connectivity index (χ4v) is 2.28. The Balaban J connectivity index is 1.95. The molecule has 2 aromatic rings. The molecule has 0 unspecified atom stereocenters. The van der Waals surface area contributed by atoms with Crippen LogP contribution in [-0.2, 0) is 9.59 Å². The minimum Gasteiger partial charge on any atom is -0.506 e. The summed E-state index contributed by atoms with van der Waals surface area (Å²) in [7, 11) is 1.43. The molecule has 0 spiro atoms. The third kappa shape index (κ3) is 5.50. The third-order valence-electron chi connectivity index (χ3n) is 3.45. The van der Waals surface area contributed by atoms with Crippen LogP contribution in [0.25, 0.3) is 12.2 Å². The topological polar surface area (TPSA) is 83.8 Å². The van der Waals surface area contributed by atoms with Gasteiger partial charge in [-0.15, -0.1) is 0 Å². The third-order valence-corrected chi connectivity index (χ3v) is 3.75. The maximum Gasteiger partial charge on any atom is 0.163 e. The molecule has 0 aromatic heterocycles. The first-order valence-corrected chi connectivity index (χ1v) is 8.04. The van der Waals surface area contributed by atoms with Crippen LogP contribution in [-0.4, -0.2) is 28.9 Å². The second-order valence-corrected chi connectivity index (χ2v) is 5.83. The van der Waals surface area contributed by atoms with Crippen LogP contribution >= 0.6 is 11.6 Å². The van der Waals surface area contributed by atoms with Crippen LogP contribution in [0.5, 0.6) is 17.2 Å². The Labute approximate surface area is 155 Å². The van der Waals surface area contributed by atoms with E-state index in [1.807, 2.05) is 0 Å². The number of carbonyl (C=O) groups is 2. The smallest absolute Gasteiger partial charge is 0.163 e. The SMILES string of the molecule is COc1cc(/C=C/C(=O)CC(=O)/C=C/c2ccc(O)c(Cl)c2)ccc1O. The van der Waals surface area contributed by atoms with Crippen LogP contribution < -0.4 is 4.74 Å². The first-order valence-electron chi connectivity index (χ1n) is 7.66. The normalized spacial score (nSPS) is 11.2. The Morgan fingerprint density at radius 2 is 1.50 bits per heavy atom. The highest BCUT2D eigenvalue weighted by molar-refractivity contribution is 6.32. The van der Waals surface area contributed by atoms with Crippen molar-refractivity contribution >= 4 is 35.3 Å². The van der Waals surface area contributed by atoms with Crippen molar-refractivity contribution in [1.29, 1.82) is 0 Å². The lowest BCUT2D eigenvalue weighted by molar-refractivity contribution is -0.121. The number of hydrogen-bond acceptors (Lipinski definition) is 5. The number of phenolic OH excluding ortho intramolecular Hbond substituents is 2. The average molecular weight is 373 g/mol. The molecule has 0 atom stereocenters. The van der Waals surface area contributed by atoms with Gasteiger partial charge >= 0.3 is 0 Å². The largest absolute Gasteiger partial charge is 0.506 e. The minimum atomic E-state index is -0.355. The van der Waals surface area contributed by atoms with E-state index >= 15 is 0 Å².